The molecule has 0 radical (unpaired) electrons. The molecule has 5 nitrogen and oxygen atoms in total. The maximum atomic E-state index is 6.25. The molecule has 0 spiro atoms. The highest BCUT2D eigenvalue weighted by atomic mass is 16.5. The van der Waals surface area contributed by atoms with E-state index in [4.69, 9.17) is 15.0 Å². The van der Waals surface area contributed by atoms with Crippen molar-refractivity contribution in [3.05, 3.63) is 11.7 Å². The summed E-state index contributed by atoms with van der Waals surface area (Å²) in [5, 5.41) is 4.01. The van der Waals surface area contributed by atoms with Gasteiger partial charge in [0.1, 0.15) is 0 Å². The lowest BCUT2D eigenvalue weighted by molar-refractivity contribution is 0.0484. The normalized spacial score (nSPS) is 25.4. The Bertz CT molecular complexity index is 353. The van der Waals surface area contributed by atoms with Gasteiger partial charge >= 0.3 is 0 Å². The van der Waals surface area contributed by atoms with E-state index in [-0.39, 0.29) is 0 Å². The van der Waals surface area contributed by atoms with Crippen molar-refractivity contribution in [1.29, 1.82) is 0 Å². The molecule has 82 valence electrons. The van der Waals surface area contributed by atoms with E-state index in [0.717, 1.165) is 18.7 Å². The molecular weight excluding hydrogens is 194 g/mol. The molecule has 1 aromatic heterocycles. The Morgan fingerprint density at radius 1 is 1.27 bits per heavy atom. The van der Waals surface area contributed by atoms with E-state index in [0.29, 0.717) is 25.0 Å². The summed E-state index contributed by atoms with van der Waals surface area (Å²) in [6.45, 7) is 1.37. The molecule has 1 aromatic rings. The first-order valence-corrected chi connectivity index (χ1v) is 5.49. The van der Waals surface area contributed by atoms with Crippen LogP contribution in [0.25, 0.3) is 0 Å². The van der Waals surface area contributed by atoms with Crippen LogP contribution in [0.3, 0.4) is 0 Å². The topological polar surface area (TPSA) is 74.2 Å². The minimum atomic E-state index is -0.436. The maximum Gasteiger partial charge on any atom is 0.229 e. The second-order valence-electron chi connectivity index (χ2n) is 4.50. The lowest BCUT2D eigenvalue weighted by Crippen LogP contribution is -2.43. The minimum Gasteiger partial charge on any atom is -0.381 e. The van der Waals surface area contributed by atoms with Gasteiger partial charge in [0.2, 0.25) is 5.89 Å². The van der Waals surface area contributed by atoms with Crippen LogP contribution in [0.4, 0.5) is 0 Å². The van der Waals surface area contributed by atoms with Crippen molar-refractivity contribution < 1.29 is 9.26 Å². The van der Waals surface area contributed by atoms with E-state index in [1.165, 1.54) is 12.8 Å². The van der Waals surface area contributed by atoms with Crippen LogP contribution in [0.5, 0.6) is 0 Å². The molecule has 0 amide bonds. The van der Waals surface area contributed by atoms with Gasteiger partial charge in [-0.3, -0.25) is 0 Å². The predicted molar refractivity (Wildman–Crippen MR) is 52.2 cm³/mol. The second-order valence-corrected chi connectivity index (χ2v) is 4.50. The molecule has 0 unspecified atom stereocenters. The number of ether oxygens (including phenoxy) is 1. The highest BCUT2D eigenvalue weighted by Crippen LogP contribution is 2.39. The van der Waals surface area contributed by atoms with Gasteiger partial charge in [-0.05, 0) is 25.7 Å². The zero-order valence-corrected chi connectivity index (χ0v) is 8.61. The van der Waals surface area contributed by atoms with Crippen LogP contribution in [0.15, 0.2) is 4.52 Å². The van der Waals surface area contributed by atoms with E-state index in [9.17, 15) is 0 Å². The van der Waals surface area contributed by atoms with Gasteiger partial charge in [-0.25, -0.2) is 0 Å². The number of hydrogen-bond acceptors (Lipinski definition) is 5. The molecule has 2 heterocycles. The van der Waals surface area contributed by atoms with E-state index < -0.39 is 5.54 Å². The zero-order valence-electron chi connectivity index (χ0n) is 8.61. The fourth-order valence-corrected chi connectivity index (χ4v) is 1.89. The number of nitrogens with zero attached hydrogens (tertiary/aromatic N) is 2. The first-order chi connectivity index (χ1) is 7.28. The molecular formula is C10H15N3O2. The lowest BCUT2D eigenvalue weighted by Gasteiger charge is -2.29. The van der Waals surface area contributed by atoms with Gasteiger partial charge < -0.3 is 15.0 Å². The van der Waals surface area contributed by atoms with Crippen LogP contribution in [0, 0.1) is 0 Å². The SMILES string of the molecule is NC1(c2noc(C3CC3)n2)CCOCC1. The molecule has 3 rings (SSSR count). The Hall–Kier alpha value is -0.940. The Morgan fingerprint density at radius 2 is 2.00 bits per heavy atom. The summed E-state index contributed by atoms with van der Waals surface area (Å²) in [6.07, 6.45) is 3.89. The van der Waals surface area contributed by atoms with Gasteiger partial charge in [0.05, 0.1) is 5.54 Å². The summed E-state index contributed by atoms with van der Waals surface area (Å²) in [5.74, 6) is 1.92. The van der Waals surface area contributed by atoms with Crippen LogP contribution in [0.2, 0.25) is 0 Å². The molecule has 5 heteroatoms. The molecule has 2 aliphatic rings. The summed E-state index contributed by atoms with van der Waals surface area (Å²) in [6, 6.07) is 0. The first kappa shape index (κ1) is 9.30. The monoisotopic (exact) mass is 209 g/mol. The second kappa shape index (κ2) is 3.28. The van der Waals surface area contributed by atoms with Crippen molar-refractivity contribution >= 4 is 0 Å². The molecule has 0 atom stereocenters. The summed E-state index contributed by atoms with van der Waals surface area (Å²) in [4.78, 5) is 4.41. The lowest BCUT2D eigenvalue weighted by atomic mass is 9.91. The third-order valence-electron chi connectivity index (χ3n) is 3.20. The quantitative estimate of drug-likeness (QED) is 0.783. The summed E-state index contributed by atoms with van der Waals surface area (Å²) >= 11 is 0. The van der Waals surface area contributed by atoms with Crippen LogP contribution in [-0.4, -0.2) is 23.4 Å². The van der Waals surface area contributed by atoms with Gasteiger partial charge in [0.15, 0.2) is 5.82 Å². The summed E-state index contributed by atoms with van der Waals surface area (Å²) < 4.78 is 10.5. The van der Waals surface area contributed by atoms with Crippen molar-refractivity contribution in [2.24, 2.45) is 5.73 Å². The molecule has 2 fully saturated rings. The zero-order chi connectivity index (χ0) is 10.3. The van der Waals surface area contributed by atoms with Crippen LogP contribution < -0.4 is 5.73 Å². The standard InChI is InChI=1S/C10H15N3O2/c11-10(3-5-14-6-4-10)9-12-8(15-13-9)7-1-2-7/h7H,1-6,11H2. The molecule has 15 heavy (non-hydrogen) atoms. The predicted octanol–water partition coefficient (Wildman–Crippen LogP) is 0.911. The molecule has 2 N–H and O–H groups in total. The molecule has 1 aliphatic carbocycles. The fraction of sp³-hybridized carbons (Fsp3) is 0.800. The average molecular weight is 209 g/mol. The van der Waals surface area contributed by atoms with Gasteiger partial charge in [-0.1, -0.05) is 5.16 Å². The number of rotatable bonds is 2. The Labute approximate surface area is 88.0 Å². The van der Waals surface area contributed by atoms with E-state index >= 15 is 0 Å². The van der Waals surface area contributed by atoms with Crippen molar-refractivity contribution in [2.75, 3.05) is 13.2 Å². The van der Waals surface area contributed by atoms with Crippen LogP contribution in [-0.2, 0) is 10.3 Å². The van der Waals surface area contributed by atoms with Gasteiger partial charge in [-0.15, -0.1) is 0 Å². The van der Waals surface area contributed by atoms with Gasteiger partial charge in [0, 0.05) is 19.1 Å². The summed E-state index contributed by atoms with van der Waals surface area (Å²) in [5.41, 5.74) is 5.81. The van der Waals surface area contributed by atoms with E-state index in [1.54, 1.807) is 0 Å². The Balaban J connectivity index is 1.83. The van der Waals surface area contributed by atoms with E-state index in [2.05, 4.69) is 10.1 Å². The van der Waals surface area contributed by atoms with Crippen molar-refractivity contribution in [3.8, 4) is 0 Å². The number of hydrogen-bond donors (Lipinski definition) is 1. The molecule has 1 saturated heterocycles. The fourth-order valence-electron chi connectivity index (χ4n) is 1.89. The maximum absolute atomic E-state index is 6.25. The number of nitrogens with two attached hydrogens (primary N) is 1. The van der Waals surface area contributed by atoms with Crippen LogP contribution >= 0.6 is 0 Å². The molecule has 0 aromatic carbocycles. The van der Waals surface area contributed by atoms with Gasteiger partial charge in [0.25, 0.3) is 0 Å². The molecule has 1 saturated carbocycles. The van der Waals surface area contributed by atoms with Gasteiger partial charge in [-0.2, -0.15) is 4.98 Å². The van der Waals surface area contributed by atoms with Crippen molar-refractivity contribution in [3.63, 3.8) is 0 Å². The smallest absolute Gasteiger partial charge is 0.229 e. The number of aromatic nitrogens is 2. The largest absolute Gasteiger partial charge is 0.381 e. The first-order valence-electron chi connectivity index (χ1n) is 5.49. The molecule has 1 aliphatic heterocycles. The van der Waals surface area contributed by atoms with Crippen molar-refractivity contribution in [2.45, 2.75) is 37.1 Å². The minimum absolute atomic E-state index is 0.436. The van der Waals surface area contributed by atoms with E-state index in [1.807, 2.05) is 0 Å². The summed E-state index contributed by atoms with van der Waals surface area (Å²) in [7, 11) is 0. The van der Waals surface area contributed by atoms with Crippen LogP contribution in [0.1, 0.15) is 43.3 Å². The highest BCUT2D eigenvalue weighted by Gasteiger charge is 2.37. The Kier molecular flexibility index (Phi) is 2.03. The Morgan fingerprint density at radius 3 is 2.67 bits per heavy atom. The van der Waals surface area contributed by atoms with Crippen molar-refractivity contribution in [1.82, 2.24) is 10.1 Å². The average Bonchev–Trinajstić information content (AvgIpc) is 2.97. The third kappa shape index (κ3) is 1.66. The molecule has 0 bridgehead atoms. The highest BCUT2D eigenvalue weighted by molar-refractivity contribution is 5.09. The third-order valence-corrected chi connectivity index (χ3v) is 3.20.